The SMILES string of the molecule is Cn1ncc(-c2nn(C3CCCCO3)c3ccc(OC4CC4)cc23)c(N2CCOCC2)c1=O. The van der Waals surface area contributed by atoms with Crippen LogP contribution in [0.5, 0.6) is 5.75 Å². The number of rotatable bonds is 5. The lowest BCUT2D eigenvalue weighted by Crippen LogP contribution is -2.41. The normalized spacial score (nSPS) is 21.5. The summed E-state index contributed by atoms with van der Waals surface area (Å²) in [5.41, 5.74) is 2.96. The highest BCUT2D eigenvalue weighted by Crippen LogP contribution is 2.38. The summed E-state index contributed by atoms with van der Waals surface area (Å²) >= 11 is 0. The topological polar surface area (TPSA) is 83.6 Å². The maximum Gasteiger partial charge on any atom is 0.290 e. The third-order valence-electron chi connectivity index (χ3n) is 6.63. The lowest BCUT2D eigenvalue weighted by atomic mass is 10.1. The van der Waals surface area contributed by atoms with Gasteiger partial charge in [0.15, 0.2) is 6.23 Å². The highest BCUT2D eigenvalue weighted by molar-refractivity contribution is 5.97. The molecule has 1 atom stereocenters. The monoisotopic (exact) mass is 451 g/mol. The van der Waals surface area contributed by atoms with E-state index in [1.807, 2.05) is 10.7 Å². The van der Waals surface area contributed by atoms with E-state index in [1.165, 1.54) is 4.68 Å². The average Bonchev–Trinajstić information content (AvgIpc) is 3.59. The number of anilines is 1. The fourth-order valence-corrected chi connectivity index (χ4v) is 4.70. The zero-order chi connectivity index (χ0) is 22.4. The van der Waals surface area contributed by atoms with Crippen molar-refractivity contribution in [3.8, 4) is 17.0 Å². The molecule has 3 aromatic rings. The summed E-state index contributed by atoms with van der Waals surface area (Å²) in [4.78, 5) is 15.4. The van der Waals surface area contributed by atoms with Gasteiger partial charge in [-0.3, -0.25) is 4.79 Å². The predicted molar refractivity (Wildman–Crippen MR) is 124 cm³/mol. The molecule has 4 heterocycles. The van der Waals surface area contributed by atoms with Crippen LogP contribution in [0.15, 0.2) is 29.2 Å². The van der Waals surface area contributed by atoms with Crippen molar-refractivity contribution < 1.29 is 14.2 Å². The minimum Gasteiger partial charge on any atom is -0.490 e. The predicted octanol–water partition coefficient (Wildman–Crippen LogP) is 2.87. The Morgan fingerprint density at radius 3 is 2.70 bits per heavy atom. The third kappa shape index (κ3) is 3.89. The molecule has 33 heavy (non-hydrogen) atoms. The van der Waals surface area contributed by atoms with Crippen molar-refractivity contribution in [2.45, 2.75) is 44.4 Å². The number of ether oxygens (including phenoxy) is 3. The van der Waals surface area contributed by atoms with Gasteiger partial charge >= 0.3 is 0 Å². The van der Waals surface area contributed by atoms with Gasteiger partial charge in [-0.15, -0.1) is 0 Å². The van der Waals surface area contributed by atoms with E-state index in [4.69, 9.17) is 19.3 Å². The maximum atomic E-state index is 13.3. The van der Waals surface area contributed by atoms with Crippen LogP contribution >= 0.6 is 0 Å². The largest absolute Gasteiger partial charge is 0.490 e. The number of hydrogen-bond donors (Lipinski definition) is 0. The van der Waals surface area contributed by atoms with Crippen LogP contribution in [0.4, 0.5) is 5.69 Å². The fourth-order valence-electron chi connectivity index (χ4n) is 4.70. The summed E-state index contributed by atoms with van der Waals surface area (Å²) in [6.07, 6.45) is 7.24. The second-order valence-electron chi connectivity index (χ2n) is 9.05. The Morgan fingerprint density at radius 2 is 1.94 bits per heavy atom. The molecule has 0 bridgehead atoms. The highest BCUT2D eigenvalue weighted by atomic mass is 16.5. The quantitative estimate of drug-likeness (QED) is 0.590. The van der Waals surface area contributed by atoms with E-state index in [9.17, 15) is 4.79 Å². The Kier molecular flexibility index (Phi) is 5.30. The molecule has 0 radical (unpaired) electrons. The summed E-state index contributed by atoms with van der Waals surface area (Å²) in [6.45, 7) is 3.24. The van der Waals surface area contributed by atoms with Crippen LogP contribution in [0.25, 0.3) is 22.2 Å². The molecule has 1 aliphatic carbocycles. The standard InChI is InChI=1S/C24H29N5O4/c1-27-24(30)23(28-9-12-31-13-10-28)19(15-25-27)22-18-14-17(33-16-5-6-16)7-8-20(18)29(26-22)21-4-2-3-11-32-21/h7-8,14-16,21H,2-6,9-13H2,1H3. The minimum atomic E-state index is -0.128. The van der Waals surface area contributed by atoms with Crippen LogP contribution in [0.2, 0.25) is 0 Å². The van der Waals surface area contributed by atoms with Gasteiger partial charge in [0.1, 0.15) is 17.1 Å². The fraction of sp³-hybridized carbons (Fsp3) is 0.542. The van der Waals surface area contributed by atoms with Crippen molar-refractivity contribution in [1.82, 2.24) is 19.6 Å². The van der Waals surface area contributed by atoms with E-state index in [0.29, 0.717) is 38.1 Å². The van der Waals surface area contributed by atoms with Gasteiger partial charge in [-0.25, -0.2) is 9.36 Å². The Bertz CT molecular complexity index is 1220. The van der Waals surface area contributed by atoms with Gasteiger partial charge in [0.25, 0.3) is 5.56 Å². The molecule has 1 saturated carbocycles. The van der Waals surface area contributed by atoms with Gasteiger partial charge in [0.05, 0.1) is 36.6 Å². The summed E-state index contributed by atoms with van der Waals surface area (Å²) in [6, 6.07) is 6.12. The first-order valence-electron chi connectivity index (χ1n) is 11.9. The van der Waals surface area contributed by atoms with Crippen molar-refractivity contribution in [2.24, 2.45) is 7.05 Å². The Hall–Kier alpha value is -2.91. The number of aryl methyl sites for hydroxylation is 1. The van der Waals surface area contributed by atoms with E-state index < -0.39 is 0 Å². The first-order valence-corrected chi connectivity index (χ1v) is 11.9. The molecule has 2 aliphatic heterocycles. The molecule has 1 unspecified atom stereocenters. The van der Waals surface area contributed by atoms with Gasteiger partial charge in [0.2, 0.25) is 0 Å². The van der Waals surface area contributed by atoms with Crippen LogP contribution < -0.4 is 15.2 Å². The number of morpholine rings is 1. The number of fused-ring (bicyclic) bond motifs is 1. The molecule has 9 nitrogen and oxygen atoms in total. The number of benzene rings is 1. The van der Waals surface area contributed by atoms with Gasteiger partial charge in [-0.05, 0) is 50.3 Å². The molecule has 174 valence electrons. The molecule has 3 aliphatic rings. The first kappa shape index (κ1) is 20.7. The van der Waals surface area contributed by atoms with Gasteiger partial charge < -0.3 is 19.1 Å². The van der Waals surface area contributed by atoms with E-state index in [2.05, 4.69) is 22.1 Å². The van der Waals surface area contributed by atoms with Crippen LogP contribution in [0.1, 0.15) is 38.3 Å². The maximum absolute atomic E-state index is 13.3. The number of hydrogen-bond acceptors (Lipinski definition) is 7. The molecule has 2 aromatic heterocycles. The average molecular weight is 452 g/mol. The van der Waals surface area contributed by atoms with E-state index in [1.54, 1.807) is 13.2 Å². The molecular formula is C24H29N5O4. The lowest BCUT2D eigenvalue weighted by Gasteiger charge is -2.29. The summed E-state index contributed by atoms with van der Waals surface area (Å²) in [5.74, 6) is 0.833. The summed E-state index contributed by atoms with van der Waals surface area (Å²) in [5, 5.41) is 10.3. The molecule has 2 saturated heterocycles. The van der Waals surface area contributed by atoms with Crippen molar-refractivity contribution in [3.63, 3.8) is 0 Å². The minimum absolute atomic E-state index is 0.114. The van der Waals surface area contributed by atoms with E-state index >= 15 is 0 Å². The van der Waals surface area contributed by atoms with Crippen molar-refractivity contribution >= 4 is 16.6 Å². The van der Waals surface area contributed by atoms with Crippen LogP contribution in [-0.2, 0) is 16.5 Å². The van der Waals surface area contributed by atoms with Crippen LogP contribution in [-0.4, -0.2) is 58.6 Å². The summed E-state index contributed by atoms with van der Waals surface area (Å²) in [7, 11) is 1.68. The molecule has 0 spiro atoms. The lowest BCUT2D eigenvalue weighted by molar-refractivity contribution is -0.0365. The van der Waals surface area contributed by atoms with E-state index in [-0.39, 0.29) is 11.8 Å². The Balaban J connectivity index is 1.54. The molecule has 6 rings (SSSR count). The smallest absolute Gasteiger partial charge is 0.290 e. The van der Waals surface area contributed by atoms with Gasteiger partial charge in [0, 0.05) is 32.1 Å². The molecule has 9 heteroatoms. The van der Waals surface area contributed by atoms with Crippen LogP contribution in [0, 0.1) is 0 Å². The molecular weight excluding hydrogens is 422 g/mol. The summed E-state index contributed by atoms with van der Waals surface area (Å²) < 4.78 is 21.1. The zero-order valence-electron chi connectivity index (χ0n) is 18.9. The van der Waals surface area contributed by atoms with Crippen molar-refractivity contribution in [1.29, 1.82) is 0 Å². The molecule has 0 amide bonds. The zero-order valence-corrected chi connectivity index (χ0v) is 18.9. The Morgan fingerprint density at radius 1 is 1.09 bits per heavy atom. The highest BCUT2D eigenvalue weighted by Gasteiger charge is 2.28. The first-order chi connectivity index (χ1) is 16.2. The van der Waals surface area contributed by atoms with Gasteiger partial charge in [-0.2, -0.15) is 10.2 Å². The molecule has 0 N–H and O–H groups in total. The van der Waals surface area contributed by atoms with Crippen LogP contribution in [0.3, 0.4) is 0 Å². The number of nitrogens with zero attached hydrogens (tertiary/aromatic N) is 5. The second-order valence-corrected chi connectivity index (χ2v) is 9.05. The van der Waals surface area contributed by atoms with Gasteiger partial charge in [-0.1, -0.05) is 0 Å². The van der Waals surface area contributed by atoms with E-state index in [0.717, 1.165) is 66.6 Å². The van der Waals surface area contributed by atoms with Crippen molar-refractivity contribution in [2.75, 3.05) is 37.8 Å². The Labute approximate surface area is 191 Å². The molecule has 3 fully saturated rings. The second kappa shape index (κ2) is 8.46. The third-order valence-corrected chi connectivity index (χ3v) is 6.63. The molecule has 1 aromatic carbocycles. The number of aromatic nitrogens is 4. The van der Waals surface area contributed by atoms with Crippen molar-refractivity contribution in [3.05, 3.63) is 34.7 Å².